The van der Waals surface area contributed by atoms with Crippen molar-refractivity contribution in [3.8, 4) is 0 Å². The van der Waals surface area contributed by atoms with Gasteiger partial charge in [-0.05, 0) is 36.5 Å². The predicted molar refractivity (Wildman–Crippen MR) is 129 cm³/mol. The maximum atomic E-state index is 13.3. The molecule has 0 bridgehead atoms. The lowest BCUT2D eigenvalue weighted by molar-refractivity contribution is -0.111. The van der Waals surface area contributed by atoms with E-state index in [-0.39, 0.29) is 27.6 Å². The van der Waals surface area contributed by atoms with Crippen LogP contribution in [0.1, 0.15) is 49.8 Å². The highest BCUT2D eigenvalue weighted by Crippen LogP contribution is 2.33. The lowest BCUT2D eigenvalue weighted by Crippen LogP contribution is -2.34. The molecule has 1 aromatic heterocycles. The van der Waals surface area contributed by atoms with Crippen LogP contribution in [0.5, 0.6) is 0 Å². The number of anilines is 1. The summed E-state index contributed by atoms with van der Waals surface area (Å²) in [4.78, 5) is 21.9. The van der Waals surface area contributed by atoms with Crippen molar-refractivity contribution in [3.05, 3.63) is 52.9 Å². The highest BCUT2D eigenvalue weighted by Gasteiger charge is 2.33. The number of aromatic nitrogens is 2. The SMILES string of the molecule is CS(=O)(=O)c1ccc(/C(=C\C2CCCC2)C(=O)Nc2cnc(C3(O)CCOCC3)cn2)cc1Cl. The summed E-state index contributed by atoms with van der Waals surface area (Å²) in [5.74, 6) is 0.118. The van der Waals surface area contributed by atoms with E-state index in [1.807, 2.05) is 6.08 Å². The Balaban J connectivity index is 1.59. The van der Waals surface area contributed by atoms with Gasteiger partial charge in [0.05, 0.1) is 28.0 Å². The molecule has 2 aliphatic rings. The molecule has 34 heavy (non-hydrogen) atoms. The number of amides is 1. The number of ether oxygens (including phenoxy) is 1. The second-order valence-electron chi connectivity index (χ2n) is 8.93. The first kappa shape index (κ1) is 24.8. The van der Waals surface area contributed by atoms with Crippen molar-refractivity contribution in [1.82, 2.24) is 9.97 Å². The second-order valence-corrected chi connectivity index (χ2v) is 11.3. The van der Waals surface area contributed by atoms with E-state index < -0.39 is 15.4 Å². The Morgan fingerprint density at radius 2 is 1.91 bits per heavy atom. The van der Waals surface area contributed by atoms with Crippen LogP contribution in [0.15, 0.2) is 41.6 Å². The van der Waals surface area contributed by atoms with Gasteiger partial charge in [-0.15, -0.1) is 0 Å². The average Bonchev–Trinajstić information content (AvgIpc) is 3.31. The molecule has 10 heteroatoms. The molecule has 1 aliphatic heterocycles. The van der Waals surface area contributed by atoms with E-state index in [2.05, 4.69) is 15.3 Å². The van der Waals surface area contributed by atoms with E-state index in [1.165, 1.54) is 24.5 Å². The topological polar surface area (TPSA) is 118 Å². The number of hydrogen-bond acceptors (Lipinski definition) is 7. The molecule has 182 valence electrons. The fraction of sp³-hybridized carbons (Fsp3) is 0.458. The minimum absolute atomic E-state index is 0.0195. The number of hydrogen-bond donors (Lipinski definition) is 2. The van der Waals surface area contributed by atoms with Gasteiger partial charge in [-0.25, -0.2) is 13.4 Å². The van der Waals surface area contributed by atoms with E-state index in [1.54, 1.807) is 6.07 Å². The number of nitrogens with one attached hydrogen (secondary N) is 1. The summed E-state index contributed by atoms with van der Waals surface area (Å²) in [5.41, 5.74) is 0.295. The van der Waals surface area contributed by atoms with Crippen molar-refractivity contribution in [2.75, 3.05) is 24.8 Å². The van der Waals surface area contributed by atoms with Gasteiger partial charge in [0, 0.05) is 37.9 Å². The fourth-order valence-electron chi connectivity index (χ4n) is 4.41. The van der Waals surface area contributed by atoms with Gasteiger partial charge in [-0.1, -0.05) is 36.6 Å². The predicted octanol–water partition coefficient (Wildman–Crippen LogP) is 3.74. The molecule has 1 saturated heterocycles. The lowest BCUT2D eigenvalue weighted by Gasteiger charge is -2.31. The van der Waals surface area contributed by atoms with Gasteiger partial charge in [0.15, 0.2) is 15.7 Å². The minimum Gasteiger partial charge on any atom is -0.383 e. The number of rotatable bonds is 6. The first-order valence-electron chi connectivity index (χ1n) is 11.3. The van der Waals surface area contributed by atoms with E-state index in [9.17, 15) is 18.3 Å². The van der Waals surface area contributed by atoms with Crippen LogP contribution in [0.4, 0.5) is 5.82 Å². The number of carbonyl (C=O) groups excluding carboxylic acids is 1. The van der Waals surface area contributed by atoms with Crippen molar-refractivity contribution >= 4 is 38.7 Å². The third kappa shape index (κ3) is 5.66. The number of carbonyl (C=O) groups is 1. The molecule has 0 atom stereocenters. The molecule has 1 aromatic carbocycles. The van der Waals surface area contributed by atoms with Gasteiger partial charge in [0.25, 0.3) is 5.91 Å². The Morgan fingerprint density at radius 3 is 2.50 bits per heavy atom. The number of sulfone groups is 1. The van der Waals surface area contributed by atoms with Crippen LogP contribution in [0, 0.1) is 5.92 Å². The zero-order chi connectivity index (χ0) is 24.3. The molecule has 2 heterocycles. The zero-order valence-electron chi connectivity index (χ0n) is 19.0. The Hall–Kier alpha value is -2.33. The maximum Gasteiger partial charge on any atom is 0.257 e. The molecular weight excluding hydrogens is 478 g/mol. The lowest BCUT2D eigenvalue weighted by atomic mass is 9.91. The second kappa shape index (κ2) is 10.1. The van der Waals surface area contributed by atoms with Gasteiger partial charge < -0.3 is 15.2 Å². The van der Waals surface area contributed by atoms with Gasteiger partial charge >= 0.3 is 0 Å². The summed E-state index contributed by atoms with van der Waals surface area (Å²) >= 11 is 6.25. The molecule has 1 saturated carbocycles. The number of nitrogens with zero attached hydrogens (tertiary/aromatic N) is 2. The maximum absolute atomic E-state index is 13.3. The zero-order valence-corrected chi connectivity index (χ0v) is 20.5. The van der Waals surface area contributed by atoms with Crippen molar-refractivity contribution in [1.29, 1.82) is 0 Å². The molecule has 1 amide bonds. The van der Waals surface area contributed by atoms with E-state index in [0.717, 1.165) is 31.9 Å². The minimum atomic E-state index is -3.48. The van der Waals surface area contributed by atoms with Crippen LogP contribution >= 0.6 is 11.6 Å². The van der Waals surface area contributed by atoms with Gasteiger partial charge in [-0.3, -0.25) is 9.78 Å². The smallest absolute Gasteiger partial charge is 0.257 e. The number of benzene rings is 1. The van der Waals surface area contributed by atoms with Crippen LogP contribution in [-0.4, -0.2) is 48.9 Å². The summed E-state index contributed by atoms with van der Waals surface area (Å²) in [5, 5.41) is 13.6. The van der Waals surface area contributed by atoms with Crippen LogP contribution in [-0.2, 0) is 25.0 Å². The van der Waals surface area contributed by atoms with E-state index >= 15 is 0 Å². The van der Waals surface area contributed by atoms with E-state index in [4.69, 9.17) is 16.3 Å². The summed E-state index contributed by atoms with van der Waals surface area (Å²) < 4.78 is 29.2. The van der Waals surface area contributed by atoms with Crippen molar-refractivity contribution < 1.29 is 23.1 Å². The number of aliphatic hydroxyl groups is 1. The van der Waals surface area contributed by atoms with Crippen LogP contribution in [0.25, 0.3) is 5.57 Å². The van der Waals surface area contributed by atoms with Crippen LogP contribution in [0.3, 0.4) is 0 Å². The molecular formula is C24H28ClN3O5S. The summed E-state index contributed by atoms with van der Waals surface area (Å²) in [6.45, 7) is 0.902. The largest absolute Gasteiger partial charge is 0.383 e. The Kier molecular flexibility index (Phi) is 7.37. The molecule has 0 spiro atoms. The molecule has 0 unspecified atom stereocenters. The number of halogens is 1. The molecule has 2 N–H and O–H groups in total. The Morgan fingerprint density at radius 1 is 1.21 bits per heavy atom. The quantitative estimate of drug-likeness (QED) is 0.574. The summed E-state index contributed by atoms with van der Waals surface area (Å²) in [6.07, 6.45) is 11.0. The summed E-state index contributed by atoms with van der Waals surface area (Å²) in [6, 6.07) is 4.53. The molecule has 4 rings (SSSR count). The Labute approximate surface area is 204 Å². The van der Waals surface area contributed by atoms with Gasteiger partial charge in [0.2, 0.25) is 0 Å². The molecule has 2 aromatic rings. The van der Waals surface area contributed by atoms with Crippen molar-refractivity contribution in [3.63, 3.8) is 0 Å². The third-order valence-electron chi connectivity index (χ3n) is 6.38. The molecule has 0 radical (unpaired) electrons. The monoisotopic (exact) mass is 505 g/mol. The average molecular weight is 506 g/mol. The van der Waals surface area contributed by atoms with Crippen molar-refractivity contribution in [2.24, 2.45) is 5.92 Å². The van der Waals surface area contributed by atoms with E-state index in [0.29, 0.717) is 42.9 Å². The normalized spacial score (nSPS) is 19.2. The first-order valence-corrected chi connectivity index (χ1v) is 13.6. The fourth-order valence-corrected chi connectivity index (χ4v) is 5.74. The molecule has 2 fully saturated rings. The van der Waals surface area contributed by atoms with Gasteiger partial charge in [-0.2, -0.15) is 0 Å². The first-order chi connectivity index (χ1) is 16.2. The molecule has 1 aliphatic carbocycles. The summed E-state index contributed by atoms with van der Waals surface area (Å²) in [7, 11) is -3.48. The van der Waals surface area contributed by atoms with Gasteiger partial charge in [0.1, 0.15) is 5.60 Å². The highest BCUT2D eigenvalue weighted by atomic mass is 35.5. The van der Waals surface area contributed by atoms with Crippen LogP contribution in [0.2, 0.25) is 5.02 Å². The van der Waals surface area contributed by atoms with Crippen LogP contribution < -0.4 is 5.32 Å². The number of allylic oxidation sites excluding steroid dienone is 1. The standard InChI is InChI=1S/C24H28ClN3O5S/c1-34(31,32)20-7-6-17(13-19(20)25)18(12-16-4-2-3-5-16)23(29)28-22-15-26-21(14-27-22)24(30)8-10-33-11-9-24/h6-7,12-16,30H,2-5,8-11H2,1H3,(H,27,28,29)/b18-12+. The highest BCUT2D eigenvalue weighted by molar-refractivity contribution is 7.90. The van der Waals surface area contributed by atoms with Crippen molar-refractivity contribution in [2.45, 2.75) is 49.0 Å². The Bertz CT molecular complexity index is 1190. The molecule has 8 nitrogen and oxygen atoms in total. The third-order valence-corrected chi connectivity index (χ3v) is 7.96.